The van der Waals surface area contributed by atoms with Gasteiger partial charge in [-0.05, 0) is 36.9 Å². The number of hydrogen-bond donors (Lipinski definition) is 3. The smallest absolute Gasteiger partial charge is 0.252 e. The van der Waals surface area contributed by atoms with E-state index in [9.17, 15) is 9.18 Å². The molecular weight excluding hydrogens is 335 g/mol. The van der Waals surface area contributed by atoms with Gasteiger partial charge in [-0.25, -0.2) is 4.39 Å². The minimum Gasteiger partial charge on any atom is -0.395 e. The maximum atomic E-state index is 13.9. The fourth-order valence-electron chi connectivity index (χ4n) is 2.88. The first-order valence-corrected chi connectivity index (χ1v) is 8.28. The molecule has 3 rings (SSSR count). The van der Waals surface area contributed by atoms with Gasteiger partial charge in [0.1, 0.15) is 5.82 Å². The zero-order valence-electron chi connectivity index (χ0n) is 14.1. The molecule has 2 heterocycles. The van der Waals surface area contributed by atoms with Gasteiger partial charge in [0.2, 0.25) is 0 Å². The number of aliphatic hydroxyl groups is 1. The van der Waals surface area contributed by atoms with E-state index in [4.69, 9.17) is 10.8 Å². The van der Waals surface area contributed by atoms with E-state index in [2.05, 4.69) is 15.3 Å². The van der Waals surface area contributed by atoms with Crippen LogP contribution in [-0.4, -0.2) is 40.7 Å². The van der Waals surface area contributed by atoms with Crippen molar-refractivity contribution in [1.82, 2.24) is 15.3 Å². The summed E-state index contributed by atoms with van der Waals surface area (Å²) < 4.78 is 13.9. The van der Waals surface area contributed by atoms with Crippen molar-refractivity contribution in [2.24, 2.45) is 5.73 Å². The van der Waals surface area contributed by atoms with Gasteiger partial charge in [-0.15, -0.1) is 0 Å². The summed E-state index contributed by atoms with van der Waals surface area (Å²) in [6.45, 7) is 0.237. The topological polar surface area (TPSA) is 101 Å². The van der Waals surface area contributed by atoms with Crippen LogP contribution in [0, 0.1) is 5.82 Å². The Balaban J connectivity index is 2.35. The second-order valence-electron chi connectivity index (χ2n) is 5.70. The van der Waals surface area contributed by atoms with Gasteiger partial charge in [0, 0.05) is 30.1 Å². The van der Waals surface area contributed by atoms with E-state index in [1.165, 1.54) is 18.2 Å². The number of nitrogens with zero attached hydrogens (tertiary/aromatic N) is 2. The lowest BCUT2D eigenvalue weighted by Gasteiger charge is -2.16. The lowest BCUT2D eigenvalue weighted by molar-refractivity contribution is 0.0947. The third kappa shape index (κ3) is 3.54. The molecule has 0 spiro atoms. The van der Waals surface area contributed by atoms with Crippen molar-refractivity contribution in [3.05, 3.63) is 59.7 Å². The summed E-state index contributed by atoms with van der Waals surface area (Å²) in [7, 11) is 0. The number of nitrogens with one attached hydrogen (secondary N) is 1. The molecule has 26 heavy (non-hydrogen) atoms. The average Bonchev–Trinajstić information content (AvgIpc) is 2.66. The Labute approximate surface area is 149 Å². The molecule has 0 aliphatic rings. The zero-order chi connectivity index (χ0) is 18.5. The molecule has 0 saturated heterocycles. The predicted molar refractivity (Wildman–Crippen MR) is 97.1 cm³/mol. The van der Waals surface area contributed by atoms with Crippen LogP contribution < -0.4 is 11.1 Å². The van der Waals surface area contributed by atoms with E-state index in [0.717, 1.165) is 0 Å². The maximum absolute atomic E-state index is 13.9. The number of carbonyl (C=O) groups excluding carboxylic acids is 1. The first kappa shape index (κ1) is 17.9. The summed E-state index contributed by atoms with van der Waals surface area (Å²) in [5.41, 5.74) is 8.23. The quantitative estimate of drug-likeness (QED) is 0.625. The lowest BCUT2D eigenvalue weighted by atomic mass is 9.95. The molecule has 0 aliphatic carbocycles. The van der Waals surface area contributed by atoms with Crippen molar-refractivity contribution in [3.63, 3.8) is 0 Å². The first-order valence-electron chi connectivity index (χ1n) is 8.28. The van der Waals surface area contributed by atoms with Crippen LogP contribution in [0.25, 0.3) is 22.2 Å². The molecule has 7 heteroatoms. The van der Waals surface area contributed by atoms with Crippen LogP contribution in [0.15, 0.2) is 42.6 Å². The molecule has 134 valence electrons. The molecule has 0 radical (unpaired) electrons. The van der Waals surface area contributed by atoms with E-state index < -0.39 is 11.7 Å². The Bertz CT molecular complexity index is 932. The molecule has 0 bridgehead atoms. The largest absolute Gasteiger partial charge is 0.395 e. The van der Waals surface area contributed by atoms with Gasteiger partial charge in [-0.1, -0.05) is 6.07 Å². The number of pyridine rings is 2. The molecule has 4 N–H and O–H groups in total. The molecule has 3 aromatic rings. The average molecular weight is 354 g/mol. The van der Waals surface area contributed by atoms with Gasteiger partial charge in [0.25, 0.3) is 5.91 Å². The standard InChI is InChI=1S/C19H19FN4O2/c20-12-4-5-14-13(11-12)17(19(26)23-9-10-25)18(16(24-14)6-7-21)15-3-1-2-8-22-15/h1-5,8,11,25H,6-7,9-10,21H2,(H,23,26). The summed E-state index contributed by atoms with van der Waals surface area (Å²) in [5.74, 6) is -0.884. The maximum Gasteiger partial charge on any atom is 0.252 e. The van der Waals surface area contributed by atoms with Gasteiger partial charge < -0.3 is 16.2 Å². The number of aliphatic hydroxyl groups excluding tert-OH is 1. The highest BCUT2D eigenvalue weighted by molar-refractivity contribution is 6.11. The Kier molecular flexibility index (Phi) is 5.50. The Morgan fingerprint density at radius 2 is 2.12 bits per heavy atom. The SMILES string of the molecule is NCCc1nc2ccc(F)cc2c(C(=O)NCCO)c1-c1ccccn1. The van der Waals surface area contributed by atoms with Crippen molar-refractivity contribution in [2.75, 3.05) is 19.7 Å². The fraction of sp³-hybridized carbons (Fsp3) is 0.211. The van der Waals surface area contributed by atoms with Crippen LogP contribution in [0.1, 0.15) is 16.1 Å². The monoisotopic (exact) mass is 354 g/mol. The van der Waals surface area contributed by atoms with Gasteiger partial charge in [-0.2, -0.15) is 0 Å². The summed E-state index contributed by atoms with van der Waals surface area (Å²) >= 11 is 0. The fourth-order valence-corrected chi connectivity index (χ4v) is 2.88. The van der Waals surface area contributed by atoms with E-state index in [0.29, 0.717) is 40.8 Å². The molecule has 0 aliphatic heterocycles. The predicted octanol–water partition coefficient (Wildman–Crippen LogP) is 1.66. The molecule has 6 nitrogen and oxygen atoms in total. The highest BCUT2D eigenvalue weighted by atomic mass is 19.1. The van der Waals surface area contributed by atoms with Crippen molar-refractivity contribution in [2.45, 2.75) is 6.42 Å². The highest BCUT2D eigenvalue weighted by Crippen LogP contribution is 2.32. The van der Waals surface area contributed by atoms with E-state index in [1.807, 2.05) is 0 Å². The number of hydrogen-bond acceptors (Lipinski definition) is 5. The van der Waals surface area contributed by atoms with Crippen molar-refractivity contribution < 1.29 is 14.3 Å². The Morgan fingerprint density at radius 1 is 1.27 bits per heavy atom. The Morgan fingerprint density at radius 3 is 2.81 bits per heavy atom. The molecule has 1 amide bonds. The second kappa shape index (κ2) is 7.99. The van der Waals surface area contributed by atoms with Crippen molar-refractivity contribution in [3.8, 4) is 11.3 Å². The van der Waals surface area contributed by atoms with Crippen LogP contribution in [0.4, 0.5) is 4.39 Å². The molecule has 0 atom stereocenters. The zero-order valence-corrected chi connectivity index (χ0v) is 14.1. The molecule has 1 aromatic carbocycles. The summed E-state index contributed by atoms with van der Waals surface area (Å²) in [6.07, 6.45) is 2.06. The highest BCUT2D eigenvalue weighted by Gasteiger charge is 2.22. The van der Waals surface area contributed by atoms with E-state index in [-0.39, 0.29) is 18.7 Å². The van der Waals surface area contributed by atoms with Crippen molar-refractivity contribution >= 4 is 16.8 Å². The van der Waals surface area contributed by atoms with E-state index in [1.54, 1.807) is 24.4 Å². The lowest BCUT2D eigenvalue weighted by Crippen LogP contribution is -2.28. The van der Waals surface area contributed by atoms with Gasteiger partial charge >= 0.3 is 0 Å². The molecular formula is C19H19FN4O2. The number of rotatable bonds is 6. The normalized spacial score (nSPS) is 10.9. The van der Waals surface area contributed by atoms with Crippen LogP contribution in [0.3, 0.4) is 0 Å². The molecule has 0 saturated carbocycles. The number of aromatic nitrogens is 2. The number of nitrogens with two attached hydrogens (primary N) is 1. The van der Waals surface area contributed by atoms with Crippen LogP contribution in [0.5, 0.6) is 0 Å². The second-order valence-corrected chi connectivity index (χ2v) is 5.70. The summed E-state index contributed by atoms with van der Waals surface area (Å²) in [5, 5.41) is 12.1. The van der Waals surface area contributed by atoms with Crippen molar-refractivity contribution in [1.29, 1.82) is 0 Å². The number of carbonyl (C=O) groups is 1. The number of benzene rings is 1. The number of amides is 1. The van der Waals surface area contributed by atoms with Crippen LogP contribution >= 0.6 is 0 Å². The minimum absolute atomic E-state index is 0.0891. The number of fused-ring (bicyclic) bond motifs is 1. The van der Waals surface area contributed by atoms with Crippen LogP contribution in [0.2, 0.25) is 0 Å². The van der Waals surface area contributed by atoms with Gasteiger partial charge in [0.15, 0.2) is 0 Å². The van der Waals surface area contributed by atoms with Crippen LogP contribution in [-0.2, 0) is 6.42 Å². The summed E-state index contributed by atoms with van der Waals surface area (Å²) in [4.78, 5) is 21.8. The van der Waals surface area contributed by atoms with E-state index >= 15 is 0 Å². The minimum atomic E-state index is -0.464. The van der Waals surface area contributed by atoms with Gasteiger partial charge in [-0.3, -0.25) is 14.8 Å². The first-order chi connectivity index (χ1) is 12.7. The summed E-state index contributed by atoms with van der Waals surface area (Å²) in [6, 6.07) is 9.47. The third-order valence-corrected chi connectivity index (χ3v) is 3.95. The third-order valence-electron chi connectivity index (χ3n) is 3.95. The number of halogens is 1. The molecule has 0 fully saturated rings. The van der Waals surface area contributed by atoms with Gasteiger partial charge in [0.05, 0.1) is 29.1 Å². The molecule has 2 aromatic heterocycles. The Hall–Kier alpha value is -2.90. The molecule has 0 unspecified atom stereocenters.